The molecule has 0 aromatic heterocycles. The van der Waals surface area contributed by atoms with Crippen LogP contribution in [0.4, 0.5) is 0 Å². The van der Waals surface area contributed by atoms with Gasteiger partial charge in [0.15, 0.2) is 5.78 Å². The summed E-state index contributed by atoms with van der Waals surface area (Å²) in [4.78, 5) is 14.1. The number of halogens is 2. The molecule has 0 heterocycles. The largest absolute Gasteiger partial charge is 0.295 e. The molecular weight excluding hydrogens is 283 g/mol. The van der Waals surface area contributed by atoms with Gasteiger partial charge < -0.3 is 0 Å². The van der Waals surface area contributed by atoms with Crippen LogP contribution in [0, 0.1) is 17.2 Å². The number of likely N-dealkylation sites (N-methyl/N-ethyl adjacent to an activating group) is 1. The fourth-order valence-corrected chi connectivity index (χ4v) is 2.00. The Labute approximate surface area is 123 Å². The molecule has 19 heavy (non-hydrogen) atoms. The molecule has 3 nitrogen and oxygen atoms in total. The van der Waals surface area contributed by atoms with Gasteiger partial charge in [-0.3, -0.25) is 9.69 Å². The zero-order valence-electron chi connectivity index (χ0n) is 11.0. The highest BCUT2D eigenvalue weighted by Crippen LogP contribution is 2.22. The summed E-state index contributed by atoms with van der Waals surface area (Å²) in [5.41, 5.74) is 0.539. The van der Waals surface area contributed by atoms with Crippen molar-refractivity contribution in [1.82, 2.24) is 4.90 Å². The molecule has 0 saturated heterocycles. The molecule has 0 bridgehead atoms. The van der Waals surface area contributed by atoms with E-state index in [1.54, 1.807) is 18.2 Å². The topological polar surface area (TPSA) is 44.1 Å². The van der Waals surface area contributed by atoms with Crippen LogP contribution in [-0.4, -0.2) is 30.3 Å². The van der Waals surface area contributed by atoms with Crippen molar-refractivity contribution in [3.63, 3.8) is 0 Å². The number of carbonyl (C=O) groups is 1. The quantitative estimate of drug-likeness (QED) is 0.753. The molecule has 1 atom stereocenters. The van der Waals surface area contributed by atoms with Crippen LogP contribution >= 0.6 is 23.2 Å². The summed E-state index contributed by atoms with van der Waals surface area (Å²) in [6.45, 7) is 5.39. The highest BCUT2D eigenvalue weighted by molar-refractivity contribution is 6.42. The second-order valence-corrected chi connectivity index (χ2v) is 5.22. The van der Waals surface area contributed by atoms with E-state index in [1.807, 2.05) is 18.7 Å². The van der Waals surface area contributed by atoms with Gasteiger partial charge in [0.05, 0.1) is 28.6 Å². The molecule has 1 rings (SSSR count). The lowest BCUT2D eigenvalue weighted by Crippen LogP contribution is -2.33. The molecule has 0 radical (unpaired) electrons. The number of benzene rings is 1. The first-order valence-corrected chi connectivity index (χ1v) is 6.83. The van der Waals surface area contributed by atoms with Gasteiger partial charge in [-0.25, -0.2) is 0 Å². The first kappa shape index (κ1) is 16.0. The molecule has 0 spiro atoms. The Balaban J connectivity index is 2.72. The van der Waals surface area contributed by atoms with E-state index in [0.29, 0.717) is 22.2 Å². The van der Waals surface area contributed by atoms with Crippen LogP contribution < -0.4 is 0 Å². The van der Waals surface area contributed by atoms with Gasteiger partial charge in [0.1, 0.15) is 0 Å². The van der Waals surface area contributed by atoms with E-state index in [0.717, 1.165) is 6.54 Å². The molecule has 0 fully saturated rings. The van der Waals surface area contributed by atoms with Crippen LogP contribution in [0.1, 0.15) is 24.2 Å². The normalized spacial score (nSPS) is 12.2. The van der Waals surface area contributed by atoms with Crippen molar-refractivity contribution in [2.75, 3.05) is 19.6 Å². The average Bonchev–Trinajstić information content (AvgIpc) is 2.40. The van der Waals surface area contributed by atoms with Crippen LogP contribution in [-0.2, 0) is 0 Å². The van der Waals surface area contributed by atoms with Gasteiger partial charge >= 0.3 is 0 Å². The molecule has 5 heteroatoms. The molecule has 0 aliphatic heterocycles. The molecule has 0 N–H and O–H groups in total. The van der Waals surface area contributed by atoms with Gasteiger partial charge in [-0.15, -0.1) is 0 Å². The second-order valence-electron chi connectivity index (χ2n) is 4.41. The Hall–Kier alpha value is -1.08. The SMILES string of the molecule is CCN(CC(=O)c1ccc(Cl)c(Cl)c1)CC(C)C#N. The van der Waals surface area contributed by atoms with Crippen LogP contribution in [0.5, 0.6) is 0 Å². The molecule has 1 aromatic rings. The standard InChI is InChI=1S/C14H16Cl2N2O/c1-3-18(8-10(2)7-17)9-14(19)11-4-5-12(15)13(16)6-11/h4-6,10H,3,8-9H2,1-2H3. The number of carbonyl (C=O) groups excluding carboxylic acids is 1. The van der Waals surface area contributed by atoms with E-state index in [-0.39, 0.29) is 18.2 Å². The van der Waals surface area contributed by atoms with Crippen LogP contribution in [0.2, 0.25) is 10.0 Å². The van der Waals surface area contributed by atoms with Gasteiger partial charge in [-0.05, 0) is 31.7 Å². The third-order valence-corrected chi connectivity index (χ3v) is 3.55. The van der Waals surface area contributed by atoms with Gasteiger partial charge in [0.25, 0.3) is 0 Å². The highest BCUT2D eigenvalue weighted by atomic mass is 35.5. The third-order valence-electron chi connectivity index (χ3n) is 2.81. The van der Waals surface area contributed by atoms with Gasteiger partial charge in [0.2, 0.25) is 0 Å². The Bertz CT molecular complexity index is 497. The molecule has 1 unspecified atom stereocenters. The smallest absolute Gasteiger partial charge is 0.176 e. The van der Waals surface area contributed by atoms with E-state index in [9.17, 15) is 4.79 Å². The fourth-order valence-electron chi connectivity index (χ4n) is 1.70. The molecule has 1 aromatic carbocycles. The zero-order valence-corrected chi connectivity index (χ0v) is 12.5. The maximum Gasteiger partial charge on any atom is 0.176 e. The molecule has 0 aliphatic rings. The summed E-state index contributed by atoms with van der Waals surface area (Å²) in [5.74, 6) is -0.118. The highest BCUT2D eigenvalue weighted by Gasteiger charge is 2.14. The predicted molar refractivity (Wildman–Crippen MR) is 77.7 cm³/mol. The van der Waals surface area contributed by atoms with E-state index >= 15 is 0 Å². The summed E-state index contributed by atoms with van der Waals surface area (Å²) < 4.78 is 0. The van der Waals surface area contributed by atoms with E-state index < -0.39 is 0 Å². The number of Topliss-reactive ketones (excluding diaryl/α,β-unsaturated/α-hetero) is 1. The van der Waals surface area contributed by atoms with E-state index in [2.05, 4.69) is 6.07 Å². The number of nitrogens with zero attached hydrogens (tertiary/aromatic N) is 2. The number of hydrogen-bond donors (Lipinski definition) is 0. The summed E-state index contributed by atoms with van der Waals surface area (Å²) >= 11 is 11.7. The van der Waals surface area contributed by atoms with E-state index in [4.69, 9.17) is 28.5 Å². The molecule has 0 aliphatic carbocycles. The summed E-state index contributed by atoms with van der Waals surface area (Å²) in [7, 11) is 0. The number of nitriles is 1. The maximum absolute atomic E-state index is 12.1. The minimum Gasteiger partial charge on any atom is -0.295 e. The van der Waals surface area contributed by atoms with Crippen molar-refractivity contribution in [1.29, 1.82) is 5.26 Å². The Morgan fingerprint density at radius 1 is 1.42 bits per heavy atom. The second kappa shape index (κ2) is 7.49. The number of rotatable bonds is 6. The number of hydrogen-bond acceptors (Lipinski definition) is 3. The lowest BCUT2D eigenvalue weighted by Gasteiger charge is -2.20. The predicted octanol–water partition coefficient (Wildman–Crippen LogP) is 3.66. The van der Waals surface area contributed by atoms with E-state index in [1.165, 1.54) is 0 Å². The van der Waals surface area contributed by atoms with Gasteiger partial charge in [0, 0.05) is 12.1 Å². The Morgan fingerprint density at radius 3 is 2.63 bits per heavy atom. The van der Waals surface area contributed by atoms with Crippen LogP contribution in [0.15, 0.2) is 18.2 Å². The Kier molecular flexibility index (Phi) is 6.30. The minimum absolute atomic E-state index is 0.0226. The maximum atomic E-state index is 12.1. The Morgan fingerprint density at radius 2 is 2.11 bits per heavy atom. The first-order chi connectivity index (χ1) is 8.97. The van der Waals surface area contributed by atoms with Crippen molar-refractivity contribution in [3.05, 3.63) is 33.8 Å². The van der Waals surface area contributed by atoms with Crippen molar-refractivity contribution in [3.8, 4) is 6.07 Å². The summed E-state index contributed by atoms with van der Waals surface area (Å²) in [6, 6.07) is 7.03. The number of ketones is 1. The lowest BCUT2D eigenvalue weighted by molar-refractivity contribution is 0.0929. The van der Waals surface area contributed by atoms with Crippen molar-refractivity contribution in [2.24, 2.45) is 5.92 Å². The molecule has 0 amide bonds. The first-order valence-electron chi connectivity index (χ1n) is 6.08. The van der Waals surface area contributed by atoms with Crippen LogP contribution in [0.25, 0.3) is 0 Å². The minimum atomic E-state index is -0.0958. The third kappa shape index (κ3) is 4.83. The van der Waals surface area contributed by atoms with Gasteiger partial charge in [-0.2, -0.15) is 5.26 Å². The average molecular weight is 299 g/mol. The zero-order chi connectivity index (χ0) is 14.4. The van der Waals surface area contributed by atoms with Crippen LogP contribution in [0.3, 0.4) is 0 Å². The van der Waals surface area contributed by atoms with Crippen molar-refractivity contribution in [2.45, 2.75) is 13.8 Å². The lowest BCUT2D eigenvalue weighted by atomic mass is 10.1. The fraction of sp³-hybridized carbons (Fsp3) is 0.429. The molecule has 0 saturated carbocycles. The van der Waals surface area contributed by atoms with Crippen molar-refractivity contribution < 1.29 is 4.79 Å². The van der Waals surface area contributed by atoms with Crippen molar-refractivity contribution >= 4 is 29.0 Å². The summed E-state index contributed by atoms with van der Waals surface area (Å²) in [5, 5.41) is 9.61. The molecular formula is C14H16Cl2N2O. The summed E-state index contributed by atoms with van der Waals surface area (Å²) in [6.07, 6.45) is 0. The molecule has 102 valence electrons. The monoisotopic (exact) mass is 298 g/mol. The van der Waals surface area contributed by atoms with Gasteiger partial charge in [-0.1, -0.05) is 30.1 Å².